The van der Waals surface area contributed by atoms with E-state index in [1.165, 1.54) is 0 Å². The zero-order valence-electron chi connectivity index (χ0n) is 16.6. The van der Waals surface area contributed by atoms with E-state index in [1.54, 1.807) is 18.6 Å². The van der Waals surface area contributed by atoms with Crippen molar-refractivity contribution in [2.45, 2.75) is 32.2 Å². The number of fused-ring (bicyclic) bond motifs is 1. The third kappa shape index (κ3) is 3.89. The van der Waals surface area contributed by atoms with Gasteiger partial charge in [0.2, 0.25) is 5.91 Å². The fourth-order valence-corrected chi connectivity index (χ4v) is 3.70. The summed E-state index contributed by atoms with van der Waals surface area (Å²) in [5.41, 5.74) is 2.42. The molecule has 146 valence electrons. The van der Waals surface area contributed by atoms with Gasteiger partial charge < -0.3 is 14.2 Å². The molecule has 0 aromatic carbocycles. The van der Waals surface area contributed by atoms with Crippen LogP contribution < -0.4 is 0 Å². The third-order valence-electron chi connectivity index (χ3n) is 5.41. The van der Waals surface area contributed by atoms with Gasteiger partial charge in [0.25, 0.3) is 0 Å². The lowest BCUT2D eigenvalue weighted by molar-refractivity contribution is -0.132. The van der Waals surface area contributed by atoms with Gasteiger partial charge in [-0.1, -0.05) is 0 Å². The van der Waals surface area contributed by atoms with E-state index < -0.39 is 0 Å². The Balaban J connectivity index is 1.49. The molecule has 0 spiro atoms. The molecular formula is C21H25N5O2. The van der Waals surface area contributed by atoms with Crippen molar-refractivity contribution < 1.29 is 9.21 Å². The summed E-state index contributed by atoms with van der Waals surface area (Å²) in [5.74, 6) is 1.44. The second-order valence-electron chi connectivity index (χ2n) is 7.59. The minimum atomic E-state index is 0.138. The van der Waals surface area contributed by atoms with Crippen LogP contribution in [0.25, 0.3) is 22.2 Å². The van der Waals surface area contributed by atoms with Crippen LogP contribution in [0.1, 0.15) is 24.4 Å². The Hall–Kier alpha value is -2.80. The molecule has 7 heteroatoms. The maximum atomic E-state index is 12.7. The van der Waals surface area contributed by atoms with E-state index in [2.05, 4.69) is 33.9 Å². The molecule has 3 aromatic rings. The SMILES string of the molecule is Cc1ncc(-c2cnc3cnc(CC(=O)N4CCC(N(C)C)CC4)cc3c2)o1. The Morgan fingerprint density at radius 3 is 2.61 bits per heavy atom. The van der Waals surface area contributed by atoms with E-state index in [-0.39, 0.29) is 5.91 Å². The number of carbonyl (C=O) groups excluding carboxylic acids is 1. The fraction of sp³-hybridized carbons (Fsp3) is 0.429. The largest absolute Gasteiger partial charge is 0.441 e. The number of aryl methyl sites for hydroxylation is 1. The molecule has 1 fully saturated rings. The summed E-state index contributed by atoms with van der Waals surface area (Å²) < 4.78 is 5.59. The summed E-state index contributed by atoms with van der Waals surface area (Å²) in [6.45, 7) is 3.44. The van der Waals surface area contributed by atoms with Gasteiger partial charge in [0, 0.05) is 43.2 Å². The maximum Gasteiger partial charge on any atom is 0.228 e. The minimum absolute atomic E-state index is 0.138. The molecule has 0 unspecified atom stereocenters. The van der Waals surface area contributed by atoms with Crippen molar-refractivity contribution in [1.29, 1.82) is 0 Å². The third-order valence-corrected chi connectivity index (χ3v) is 5.41. The van der Waals surface area contributed by atoms with E-state index in [0.717, 1.165) is 48.1 Å². The molecule has 0 atom stereocenters. The number of nitrogens with zero attached hydrogens (tertiary/aromatic N) is 5. The molecule has 1 saturated heterocycles. The van der Waals surface area contributed by atoms with Gasteiger partial charge in [-0.25, -0.2) is 4.98 Å². The Morgan fingerprint density at radius 1 is 1.14 bits per heavy atom. The molecule has 0 radical (unpaired) electrons. The van der Waals surface area contributed by atoms with Crippen molar-refractivity contribution in [2.24, 2.45) is 0 Å². The maximum absolute atomic E-state index is 12.7. The summed E-state index contributed by atoms with van der Waals surface area (Å²) in [6.07, 6.45) is 7.53. The smallest absolute Gasteiger partial charge is 0.228 e. The van der Waals surface area contributed by atoms with E-state index in [1.807, 2.05) is 24.0 Å². The molecule has 0 saturated carbocycles. The number of aromatic nitrogens is 3. The highest BCUT2D eigenvalue weighted by Gasteiger charge is 2.24. The first-order chi connectivity index (χ1) is 13.5. The molecule has 1 amide bonds. The number of oxazole rings is 1. The second kappa shape index (κ2) is 7.67. The van der Waals surface area contributed by atoms with E-state index >= 15 is 0 Å². The molecule has 0 aliphatic carbocycles. The Kier molecular flexibility index (Phi) is 5.09. The lowest BCUT2D eigenvalue weighted by Crippen LogP contribution is -2.45. The molecule has 28 heavy (non-hydrogen) atoms. The number of hydrogen-bond acceptors (Lipinski definition) is 6. The molecule has 4 rings (SSSR count). The molecular weight excluding hydrogens is 354 g/mol. The average molecular weight is 379 g/mol. The molecule has 4 heterocycles. The first-order valence-corrected chi connectivity index (χ1v) is 9.61. The van der Waals surface area contributed by atoms with Crippen molar-refractivity contribution in [2.75, 3.05) is 27.2 Å². The number of amides is 1. The van der Waals surface area contributed by atoms with Gasteiger partial charge in [0.05, 0.1) is 30.0 Å². The zero-order valence-corrected chi connectivity index (χ0v) is 16.6. The number of pyridine rings is 2. The van der Waals surface area contributed by atoms with Crippen molar-refractivity contribution in [1.82, 2.24) is 24.8 Å². The number of rotatable bonds is 4. The van der Waals surface area contributed by atoms with Crippen LogP contribution in [0.4, 0.5) is 0 Å². The highest BCUT2D eigenvalue weighted by Crippen LogP contribution is 2.24. The molecule has 1 aliphatic heterocycles. The molecule has 7 nitrogen and oxygen atoms in total. The summed E-state index contributed by atoms with van der Waals surface area (Å²) in [4.78, 5) is 29.9. The lowest BCUT2D eigenvalue weighted by atomic mass is 10.0. The van der Waals surface area contributed by atoms with Crippen LogP contribution in [0.3, 0.4) is 0 Å². The van der Waals surface area contributed by atoms with Crippen LogP contribution in [0.2, 0.25) is 0 Å². The number of likely N-dealkylation sites (tertiary alicyclic amines) is 1. The Bertz CT molecular complexity index is 989. The van der Waals surface area contributed by atoms with Crippen molar-refractivity contribution in [3.63, 3.8) is 0 Å². The molecule has 0 N–H and O–H groups in total. The van der Waals surface area contributed by atoms with Crippen LogP contribution in [0, 0.1) is 6.92 Å². The fourth-order valence-electron chi connectivity index (χ4n) is 3.70. The van der Waals surface area contributed by atoms with Gasteiger partial charge in [0.15, 0.2) is 11.7 Å². The van der Waals surface area contributed by atoms with Crippen molar-refractivity contribution in [3.05, 3.63) is 42.3 Å². The van der Waals surface area contributed by atoms with Gasteiger partial charge in [-0.3, -0.25) is 14.8 Å². The van der Waals surface area contributed by atoms with Gasteiger partial charge in [-0.15, -0.1) is 0 Å². The predicted octanol–water partition coefficient (Wildman–Crippen LogP) is 2.69. The molecule has 3 aromatic heterocycles. The number of carbonyl (C=O) groups is 1. The molecule has 0 bridgehead atoms. The first-order valence-electron chi connectivity index (χ1n) is 9.61. The summed E-state index contributed by atoms with van der Waals surface area (Å²) in [5, 5.41) is 0.940. The van der Waals surface area contributed by atoms with Crippen molar-refractivity contribution in [3.8, 4) is 11.3 Å². The minimum Gasteiger partial charge on any atom is -0.441 e. The van der Waals surface area contributed by atoms with Crippen LogP contribution in [-0.2, 0) is 11.2 Å². The van der Waals surface area contributed by atoms with Crippen LogP contribution in [0.5, 0.6) is 0 Å². The normalized spacial score (nSPS) is 15.5. The van der Waals surface area contributed by atoms with Crippen LogP contribution >= 0.6 is 0 Å². The topological polar surface area (TPSA) is 75.4 Å². The van der Waals surface area contributed by atoms with Crippen LogP contribution in [-0.4, -0.2) is 63.9 Å². The zero-order chi connectivity index (χ0) is 19.7. The second-order valence-corrected chi connectivity index (χ2v) is 7.59. The van der Waals surface area contributed by atoms with Gasteiger partial charge in [-0.05, 0) is 39.1 Å². The highest BCUT2D eigenvalue weighted by molar-refractivity contribution is 5.84. The average Bonchev–Trinajstić information content (AvgIpc) is 3.14. The molecule has 1 aliphatic rings. The number of piperidine rings is 1. The van der Waals surface area contributed by atoms with Gasteiger partial charge >= 0.3 is 0 Å². The van der Waals surface area contributed by atoms with E-state index in [9.17, 15) is 4.79 Å². The first kappa shape index (κ1) is 18.6. The standard InChI is InChI=1S/C21H25N5O2/c1-14-22-13-20(28-14)16-8-15-9-17(23-12-19(15)24-11-16)10-21(27)26-6-4-18(5-7-26)25(2)3/h8-9,11-13,18H,4-7,10H2,1-3H3. The summed E-state index contributed by atoms with van der Waals surface area (Å²) >= 11 is 0. The number of hydrogen-bond donors (Lipinski definition) is 0. The monoisotopic (exact) mass is 379 g/mol. The van der Waals surface area contributed by atoms with E-state index in [4.69, 9.17) is 4.42 Å². The van der Waals surface area contributed by atoms with Crippen molar-refractivity contribution >= 4 is 16.8 Å². The Labute approximate surface area is 164 Å². The van der Waals surface area contributed by atoms with Gasteiger partial charge in [-0.2, -0.15) is 0 Å². The lowest BCUT2D eigenvalue weighted by Gasteiger charge is -2.35. The summed E-state index contributed by atoms with van der Waals surface area (Å²) in [7, 11) is 4.20. The van der Waals surface area contributed by atoms with Gasteiger partial charge in [0.1, 0.15) is 0 Å². The quantitative estimate of drug-likeness (QED) is 0.694. The van der Waals surface area contributed by atoms with E-state index in [0.29, 0.717) is 24.1 Å². The van der Waals surface area contributed by atoms with Crippen LogP contribution in [0.15, 0.2) is 35.1 Å². The predicted molar refractivity (Wildman–Crippen MR) is 107 cm³/mol. The Morgan fingerprint density at radius 2 is 1.93 bits per heavy atom. The summed E-state index contributed by atoms with van der Waals surface area (Å²) in [6, 6.07) is 4.51. The highest BCUT2D eigenvalue weighted by atomic mass is 16.4.